The van der Waals surface area contributed by atoms with Gasteiger partial charge in [-0.3, -0.25) is 4.79 Å². The lowest BCUT2D eigenvalue weighted by atomic mass is 10.2. The van der Waals surface area contributed by atoms with Crippen LogP contribution in [0.15, 0.2) is 48.5 Å². The first kappa shape index (κ1) is 19.8. The molecule has 2 rings (SSSR count). The van der Waals surface area contributed by atoms with Crippen molar-refractivity contribution in [3.8, 4) is 5.75 Å². The zero-order valence-corrected chi connectivity index (χ0v) is 15.6. The van der Waals surface area contributed by atoms with Crippen LogP contribution in [-0.2, 0) is 9.53 Å². The molecule has 0 unspecified atom stereocenters. The quantitative estimate of drug-likeness (QED) is 0.536. The van der Waals surface area contributed by atoms with Crippen LogP contribution in [0.5, 0.6) is 5.75 Å². The van der Waals surface area contributed by atoms with Crippen molar-refractivity contribution < 1.29 is 19.1 Å². The number of unbranched alkanes of at least 4 members (excludes halogenated alkanes) is 1. The first-order chi connectivity index (χ1) is 12.5. The number of ether oxygens (including phenoxy) is 2. The summed E-state index contributed by atoms with van der Waals surface area (Å²) in [7, 11) is 0. The fourth-order valence-corrected chi connectivity index (χ4v) is 2.31. The maximum absolute atomic E-state index is 12.3. The van der Waals surface area contributed by atoms with Gasteiger partial charge < -0.3 is 14.8 Å². The van der Waals surface area contributed by atoms with Gasteiger partial charge in [-0.05, 0) is 49.7 Å². The van der Waals surface area contributed by atoms with Crippen molar-refractivity contribution in [3.05, 3.63) is 59.1 Å². The summed E-state index contributed by atoms with van der Waals surface area (Å²) in [5.74, 6) is -0.199. The van der Waals surface area contributed by atoms with Crippen molar-refractivity contribution in [1.82, 2.24) is 0 Å². The molecule has 0 radical (unpaired) electrons. The van der Waals surface area contributed by atoms with E-state index in [1.165, 1.54) is 0 Å². The van der Waals surface area contributed by atoms with Gasteiger partial charge in [-0.2, -0.15) is 0 Å². The Morgan fingerprint density at radius 3 is 2.46 bits per heavy atom. The molecule has 0 fully saturated rings. The zero-order valence-electron chi connectivity index (χ0n) is 14.8. The highest BCUT2D eigenvalue weighted by Crippen LogP contribution is 2.22. The summed E-state index contributed by atoms with van der Waals surface area (Å²) in [6.45, 7) is 4.05. The lowest BCUT2D eigenvalue weighted by Gasteiger charge is -2.14. The van der Waals surface area contributed by atoms with Crippen LogP contribution in [0, 0.1) is 0 Å². The second-order valence-electron chi connectivity index (χ2n) is 5.74. The molecule has 1 atom stereocenters. The fourth-order valence-electron chi connectivity index (χ4n) is 2.13. The Labute approximate surface area is 158 Å². The van der Waals surface area contributed by atoms with Crippen LogP contribution in [0.3, 0.4) is 0 Å². The number of carbonyl (C=O) groups is 2. The molecule has 0 saturated carbocycles. The fraction of sp³-hybridized carbons (Fsp3) is 0.300. The Balaban J connectivity index is 1.92. The van der Waals surface area contributed by atoms with Gasteiger partial charge in [0.15, 0.2) is 6.10 Å². The van der Waals surface area contributed by atoms with E-state index < -0.39 is 12.1 Å². The zero-order chi connectivity index (χ0) is 18.9. The Kier molecular flexibility index (Phi) is 7.48. The number of benzene rings is 2. The first-order valence-corrected chi connectivity index (χ1v) is 8.88. The molecule has 0 bridgehead atoms. The Morgan fingerprint density at radius 1 is 1.12 bits per heavy atom. The maximum Gasteiger partial charge on any atom is 0.347 e. The van der Waals surface area contributed by atoms with Gasteiger partial charge in [0.2, 0.25) is 0 Å². The van der Waals surface area contributed by atoms with E-state index in [-0.39, 0.29) is 5.91 Å². The van der Waals surface area contributed by atoms with E-state index in [9.17, 15) is 9.59 Å². The van der Waals surface area contributed by atoms with Gasteiger partial charge in [0.1, 0.15) is 5.75 Å². The molecule has 5 nitrogen and oxygen atoms in total. The highest BCUT2D eigenvalue weighted by atomic mass is 35.5. The monoisotopic (exact) mass is 375 g/mol. The van der Waals surface area contributed by atoms with E-state index in [1.54, 1.807) is 55.5 Å². The van der Waals surface area contributed by atoms with Crippen LogP contribution in [0.4, 0.5) is 5.69 Å². The number of esters is 1. The number of halogens is 1. The predicted molar refractivity (Wildman–Crippen MR) is 102 cm³/mol. The van der Waals surface area contributed by atoms with Gasteiger partial charge in [-0.1, -0.05) is 37.1 Å². The number of hydrogen-bond donors (Lipinski definition) is 1. The minimum Gasteiger partial charge on any atom is -0.479 e. The Hall–Kier alpha value is -2.53. The summed E-state index contributed by atoms with van der Waals surface area (Å²) in [5.41, 5.74) is 0.999. The molecule has 0 aliphatic carbocycles. The number of nitrogens with one attached hydrogen (secondary N) is 1. The van der Waals surface area contributed by atoms with Crippen LogP contribution in [0.25, 0.3) is 0 Å². The molecule has 0 aliphatic rings. The number of carbonyl (C=O) groups excluding carboxylic acids is 2. The number of anilines is 1. The largest absolute Gasteiger partial charge is 0.479 e. The third kappa shape index (κ3) is 5.77. The van der Waals surface area contributed by atoms with Gasteiger partial charge in [-0.25, -0.2) is 4.79 Å². The van der Waals surface area contributed by atoms with Crippen LogP contribution in [0.1, 0.15) is 37.0 Å². The molecular formula is C20H22ClNO4. The normalized spacial score (nSPS) is 11.5. The molecule has 1 N–H and O–H groups in total. The summed E-state index contributed by atoms with van der Waals surface area (Å²) in [6, 6.07) is 13.5. The summed E-state index contributed by atoms with van der Waals surface area (Å²) in [6.07, 6.45) is 1.07. The smallest absolute Gasteiger partial charge is 0.347 e. The van der Waals surface area contributed by atoms with Crippen molar-refractivity contribution >= 4 is 29.2 Å². The van der Waals surface area contributed by atoms with Crippen LogP contribution >= 0.6 is 11.6 Å². The van der Waals surface area contributed by atoms with Gasteiger partial charge >= 0.3 is 5.97 Å². The van der Waals surface area contributed by atoms with E-state index in [1.807, 2.05) is 6.92 Å². The van der Waals surface area contributed by atoms with Gasteiger partial charge in [0.05, 0.1) is 17.3 Å². The summed E-state index contributed by atoms with van der Waals surface area (Å²) >= 11 is 6.03. The van der Waals surface area contributed by atoms with Crippen LogP contribution in [-0.4, -0.2) is 24.6 Å². The molecule has 0 aliphatic heterocycles. The van der Waals surface area contributed by atoms with Gasteiger partial charge in [-0.15, -0.1) is 0 Å². The van der Waals surface area contributed by atoms with Gasteiger partial charge in [0, 0.05) is 5.56 Å². The molecule has 0 aromatic heterocycles. The molecule has 138 valence electrons. The molecule has 2 aromatic rings. The molecule has 0 saturated heterocycles. The second-order valence-corrected chi connectivity index (χ2v) is 6.15. The number of para-hydroxylation sites is 1. The molecule has 6 heteroatoms. The van der Waals surface area contributed by atoms with E-state index in [0.717, 1.165) is 12.8 Å². The number of amides is 1. The first-order valence-electron chi connectivity index (χ1n) is 8.50. The number of hydrogen-bond acceptors (Lipinski definition) is 4. The average Bonchev–Trinajstić information content (AvgIpc) is 2.64. The summed E-state index contributed by atoms with van der Waals surface area (Å²) < 4.78 is 10.7. The second kappa shape index (κ2) is 9.82. The SMILES string of the molecule is CCCCOC(=O)[C@H](C)Oc1ccc(C(=O)Nc2ccccc2Cl)cc1. The topological polar surface area (TPSA) is 64.6 Å². The molecule has 0 spiro atoms. The molecule has 0 heterocycles. The molecule has 1 amide bonds. The van der Waals surface area contributed by atoms with Crippen molar-refractivity contribution in [2.24, 2.45) is 0 Å². The van der Waals surface area contributed by atoms with E-state index >= 15 is 0 Å². The average molecular weight is 376 g/mol. The van der Waals surface area contributed by atoms with E-state index in [2.05, 4.69) is 5.32 Å². The number of rotatable bonds is 8. The van der Waals surface area contributed by atoms with Crippen LogP contribution in [0.2, 0.25) is 5.02 Å². The minimum atomic E-state index is -0.713. The summed E-state index contributed by atoms with van der Waals surface area (Å²) in [4.78, 5) is 24.1. The highest BCUT2D eigenvalue weighted by Gasteiger charge is 2.16. The van der Waals surface area contributed by atoms with E-state index in [4.69, 9.17) is 21.1 Å². The Morgan fingerprint density at radius 2 is 1.81 bits per heavy atom. The minimum absolute atomic E-state index is 0.281. The third-order valence-corrected chi connectivity index (χ3v) is 3.96. The molecule has 2 aromatic carbocycles. The standard InChI is InChI=1S/C20H22ClNO4/c1-3-4-13-25-20(24)14(2)26-16-11-9-15(10-12-16)19(23)22-18-8-6-5-7-17(18)21/h5-12,14H,3-4,13H2,1-2H3,(H,22,23)/t14-/m0/s1. The third-order valence-electron chi connectivity index (χ3n) is 3.63. The van der Waals surface area contributed by atoms with Crippen molar-refractivity contribution in [1.29, 1.82) is 0 Å². The van der Waals surface area contributed by atoms with Crippen molar-refractivity contribution in [2.75, 3.05) is 11.9 Å². The molecular weight excluding hydrogens is 354 g/mol. The predicted octanol–water partition coefficient (Wildman–Crippen LogP) is 4.70. The lowest BCUT2D eigenvalue weighted by Crippen LogP contribution is -2.26. The molecule has 26 heavy (non-hydrogen) atoms. The highest BCUT2D eigenvalue weighted by molar-refractivity contribution is 6.33. The van der Waals surface area contributed by atoms with Gasteiger partial charge in [0.25, 0.3) is 5.91 Å². The Bertz CT molecular complexity index is 746. The van der Waals surface area contributed by atoms with Crippen molar-refractivity contribution in [2.45, 2.75) is 32.8 Å². The van der Waals surface area contributed by atoms with Crippen molar-refractivity contribution in [3.63, 3.8) is 0 Å². The lowest BCUT2D eigenvalue weighted by molar-refractivity contribution is -0.151. The summed E-state index contributed by atoms with van der Waals surface area (Å²) in [5, 5.41) is 3.22. The van der Waals surface area contributed by atoms with E-state index in [0.29, 0.717) is 28.6 Å². The van der Waals surface area contributed by atoms with Crippen LogP contribution < -0.4 is 10.1 Å². The maximum atomic E-state index is 12.3.